The van der Waals surface area contributed by atoms with Gasteiger partial charge in [-0.2, -0.15) is 0 Å². The van der Waals surface area contributed by atoms with Crippen molar-refractivity contribution in [3.05, 3.63) is 23.8 Å². The third-order valence-corrected chi connectivity index (χ3v) is 1.72. The molecule has 0 amide bonds. The van der Waals surface area contributed by atoms with Gasteiger partial charge in [-0.1, -0.05) is 5.16 Å². The van der Waals surface area contributed by atoms with E-state index in [9.17, 15) is 13.6 Å². The van der Waals surface area contributed by atoms with E-state index >= 15 is 0 Å². The molecule has 0 aromatic rings. The first kappa shape index (κ1) is 9.85. The zero-order chi connectivity index (χ0) is 10.0. The molecule has 1 unspecified atom stereocenters. The van der Waals surface area contributed by atoms with E-state index in [1.165, 1.54) is 0 Å². The van der Waals surface area contributed by atoms with Gasteiger partial charge in [0.25, 0.3) is 0 Å². The molecule has 1 N–H and O–H groups in total. The van der Waals surface area contributed by atoms with Crippen molar-refractivity contribution in [1.82, 2.24) is 0 Å². The number of hydrogen-bond acceptors (Lipinski definition) is 3. The van der Waals surface area contributed by atoms with E-state index in [1.54, 1.807) is 0 Å². The highest BCUT2D eigenvalue weighted by Crippen LogP contribution is 2.23. The minimum atomic E-state index is -1.36. The second-order valence-corrected chi connectivity index (χ2v) is 2.68. The molecule has 6 heteroatoms. The topological polar surface area (TPSA) is 49.7 Å². The Morgan fingerprint density at radius 3 is 2.69 bits per heavy atom. The summed E-state index contributed by atoms with van der Waals surface area (Å²) >= 11 is 5.02. The summed E-state index contributed by atoms with van der Waals surface area (Å²) in [6.07, 6.45) is 1.28. The van der Waals surface area contributed by atoms with Gasteiger partial charge in [-0.3, -0.25) is 4.79 Å². The highest BCUT2D eigenvalue weighted by Gasteiger charge is 2.29. The fourth-order valence-corrected chi connectivity index (χ4v) is 1.08. The van der Waals surface area contributed by atoms with Crippen LogP contribution in [-0.2, 0) is 4.79 Å². The molecular formula is C7H4ClF2NO2. The van der Waals surface area contributed by atoms with Crippen molar-refractivity contribution < 1.29 is 18.8 Å². The number of halogens is 3. The standard InChI is InChI=1S/C7H4ClF2NO2/c8-7(12)4-1-3(9)2-5(10)6(4)11-13/h1-2,4,13H. The maximum Gasteiger partial charge on any atom is 0.234 e. The zero-order valence-electron chi connectivity index (χ0n) is 6.17. The SMILES string of the molecule is O=C(Cl)C1C=C(F)C=C(F)C1=NO. The predicted molar refractivity (Wildman–Crippen MR) is 42.0 cm³/mol. The molecule has 13 heavy (non-hydrogen) atoms. The lowest BCUT2D eigenvalue weighted by Crippen LogP contribution is -2.22. The van der Waals surface area contributed by atoms with Crippen LogP contribution in [-0.4, -0.2) is 16.2 Å². The quantitative estimate of drug-likeness (QED) is 0.406. The van der Waals surface area contributed by atoms with Crippen molar-refractivity contribution >= 4 is 22.6 Å². The number of hydrogen-bond donors (Lipinski definition) is 1. The molecule has 0 aromatic carbocycles. The first-order chi connectivity index (χ1) is 6.06. The lowest BCUT2D eigenvalue weighted by molar-refractivity contribution is -0.112. The van der Waals surface area contributed by atoms with Crippen molar-refractivity contribution in [2.24, 2.45) is 11.1 Å². The monoisotopic (exact) mass is 207 g/mol. The Labute approximate surface area is 77.0 Å². The van der Waals surface area contributed by atoms with E-state index in [-0.39, 0.29) is 0 Å². The van der Waals surface area contributed by atoms with Crippen LogP contribution in [0.15, 0.2) is 29.0 Å². The lowest BCUT2D eigenvalue weighted by atomic mass is 9.98. The van der Waals surface area contributed by atoms with E-state index in [0.717, 1.165) is 6.08 Å². The van der Waals surface area contributed by atoms with Crippen LogP contribution >= 0.6 is 11.6 Å². The van der Waals surface area contributed by atoms with Gasteiger partial charge in [0, 0.05) is 6.08 Å². The number of carbonyl (C=O) groups is 1. The summed E-state index contributed by atoms with van der Waals surface area (Å²) in [7, 11) is 0. The smallest absolute Gasteiger partial charge is 0.234 e. The summed E-state index contributed by atoms with van der Waals surface area (Å²) in [6, 6.07) is 0. The number of rotatable bonds is 1. The van der Waals surface area contributed by atoms with Crippen LogP contribution in [0.5, 0.6) is 0 Å². The summed E-state index contributed by atoms with van der Waals surface area (Å²) in [5.74, 6) is -3.40. The van der Waals surface area contributed by atoms with Gasteiger partial charge in [-0.15, -0.1) is 0 Å². The molecule has 0 aromatic heterocycles. The molecule has 1 rings (SSSR count). The lowest BCUT2D eigenvalue weighted by Gasteiger charge is -2.11. The van der Waals surface area contributed by atoms with E-state index in [4.69, 9.17) is 16.8 Å². The van der Waals surface area contributed by atoms with Crippen molar-refractivity contribution in [3.63, 3.8) is 0 Å². The average molecular weight is 208 g/mol. The van der Waals surface area contributed by atoms with Gasteiger partial charge in [0.2, 0.25) is 5.24 Å². The fraction of sp³-hybridized carbons (Fsp3) is 0.143. The minimum Gasteiger partial charge on any atom is -0.411 e. The molecule has 0 fully saturated rings. The Hall–Kier alpha value is -1.23. The van der Waals surface area contributed by atoms with Gasteiger partial charge >= 0.3 is 0 Å². The van der Waals surface area contributed by atoms with Gasteiger partial charge < -0.3 is 5.21 Å². The van der Waals surface area contributed by atoms with Crippen LogP contribution in [0.2, 0.25) is 0 Å². The zero-order valence-corrected chi connectivity index (χ0v) is 6.92. The maximum absolute atomic E-state index is 12.8. The molecule has 0 aliphatic heterocycles. The summed E-state index contributed by atoms with van der Waals surface area (Å²) in [6.45, 7) is 0. The molecule has 0 saturated carbocycles. The van der Waals surface area contributed by atoms with Gasteiger partial charge in [-0.25, -0.2) is 8.78 Å². The van der Waals surface area contributed by atoms with Crippen LogP contribution in [0.25, 0.3) is 0 Å². The van der Waals surface area contributed by atoms with Crippen molar-refractivity contribution in [2.75, 3.05) is 0 Å². The van der Waals surface area contributed by atoms with Crippen LogP contribution in [0.3, 0.4) is 0 Å². The molecular weight excluding hydrogens is 204 g/mol. The Morgan fingerprint density at radius 1 is 1.62 bits per heavy atom. The van der Waals surface area contributed by atoms with E-state index in [1.807, 2.05) is 0 Å². The average Bonchev–Trinajstić information content (AvgIpc) is 2.02. The third-order valence-electron chi connectivity index (χ3n) is 1.48. The van der Waals surface area contributed by atoms with Crippen molar-refractivity contribution in [3.8, 4) is 0 Å². The van der Waals surface area contributed by atoms with E-state index < -0.39 is 28.5 Å². The molecule has 0 spiro atoms. The summed E-state index contributed by atoms with van der Waals surface area (Å²) in [5, 5.41) is 9.83. The Morgan fingerprint density at radius 2 is 2.23 bits per heavy atom. The summed E-state index contributed by atoms with van der Waals surface area (Å²) in [5.41, 5.74) is -0.582. The minimum absolute atomic E-state index is 0.505. The fourth-order valence-electron chi connectivity index (χ4n) is 0.913. The third kappa shape index (κ3) is 1.92. The molecule has 70 valence electrons. The van der Waals surface area contributed by atoms with Crippen LogP contribution < -0.4 is 0 Å². The van der Waals surface area contributed by atoms with E-state index in [2.05, 4.69) is 5.16 Å². The number of carbonyl (C=O) groups excluding carboxylic acids is 1. The molecule has 1 atom stereocenters. The maximum atomic E-state index is 12.8. The highest BCUT2D eigenvalue weighted by molar-refractivity contribution is 6.66. The predicted octanol–water partition coefficient (Wildman–Crippen LogP) is 1.92. The number of allylic oxidation sites excluding steroid dienone is 4. The van der Waals surface area contributed by atoms with Gasteiger partial charge in [0.05, 0.1) is 0 Å². The molecule has 3 nitrogen and oxygen atoms in total. The summed E-state index contributed by atoms with van der Waals surface area (Å²) < 4.78 is 25.3. The number of oxime groups is 1. The normalized spacial score (nSPS) is 25.5. The van der Waals surface area contributed by atoms with Gasteiger partial charge in [-0.05, 0) is 17.7 Å². The van der Waals surface area contributed by atoms with Crippen molar-refractivity contribution in [1.29, 1.82) is 0 Å². The first-order valence-electron chi connectivity index (χ1n) is 3.22. The Bertz CT molecular complexity index is 335. The molecule has 0 saturated heterocycles. The van der Waals surface area contributed by atoms with Crippen LogP contribution in [0.4, 0.5) is 8.78 Å². The molecule has 1 aliphatic carbocycles. The molecule has 0 bridgehead atoms. The number of nitrogens with zero attached hydrogens (tertiary/aromatic N) is 1. The molecule has 1 aliphatic rings. The van der Waals surface area contributed by atoms with E-state index in [0.29, 0.717) is 6.08 Å². The molecule has 0 heterocycles. The largest absolute Gasteiger partial charge is 0.411 e. The summed E-state index contributed by atoms with van der Waals surface area (Å²) in [4.78, 5) is 10.6. The first-order valence-corrected chi connectivity index (χ1v) is 3.60. The Kier molecular flexibility index (Phi) is 2.77. The van der Waals surface area contributed by atoms with Crippen LogP contribution in [0.1, 0.15) is 0 Å². The Balaban J connectivity index is 3.11. The molecule has 0 radical (unpaired) electrons. The van der Waals surface area contributed by atoms with Crippen LogP contribution in [0, 0.1) is 5.92 Å². The highest BCUT2D eigenvalue weighted by atomic mass is 35.5. The van der Waals surface area contributed by atoms with Crippen molar-refractivity contribution in [2.45, 2.75) is 0 Å². The van der Waals surface area contributed by atoms with Gasteiger partial charge in [0.1, 0.15) is 17.5 Å². The van der Waals surface area contributed by atoms with Gasteiger partial charge in [0.15, 0.2) is 5.83 Å². The second-order valence-electron chi connectivity index (χ2n) is 2.31. The second kappa shape index (κ2) is 3.66.